The zero-order chi connectivity index (χ0) is 14.6. The summed E-state index contributed by atoms with van der Waals surface area (Å²) in [7, 11) is -3.50. The van der Waals surface area contributed by atoms with E-state index in [1.165, 1.54) is 0 Å². The van der Waals surface area contributed by atoms with Crippen molar-refractivity contribution in [3.05, 3.63) is 23.9 Å². The Labute approximate surface area is 121 Å². The molecule has 20 heavy (non-hydrogen) atoms. The third-order valence-corrected chi connectivity index (χ3v) is 5.22. The van der Waals surface area contributed by atoms with Crippen LogP contribution in [0.3, 0.4) is 0 Å². The molecular weight excluding hydrogens is 274 g/mol. The van der Waals surface area contributed by atoms with Crippen molar-refractivity contribution in [2.75, 3.05) is 6.54 Å². The zero-order valence-corrected chi connectivity index (χ0v) is 13.0. The fraction of sp³-hybridized carbons (Fsp3) is 0.643. The molecule has 5 nitrogen and oxygen atoms in total. The van der Waals surface area contributed by atoms with Gasteiger partial charge in [0.15, 0.2) is 5.03 Å². The lowest BCUT2D eigenvalue weighted by Gasteiger charge is -2.38. The van der Waals surface area contributed by atoms with Crippen LogP contribution < -0.4 is 10.0 Å². The highest BCUT2D eigenvalue weighted by molar-refractivity contribution is 7.89. The largest absolute Gasteiger partial charge is 0.313 e. The fourth-order valence-electron chi connectivity index (χ4n) is 2.27. The molecule has 0 aliphatic heterocycles. The highest BCUT2D eigenvalue weighted by Gasteiger charge is 2.36. The van der Waals surface area contributed by atoms with Gasteiger partial charge in [0.25, 0.3) is 10.0 Å². The lowest BCUT2D eigenvalue weighted by atomic mass is 9.80. The van der Waals surface area contributed by atoms with E-state index in [2.05, 4.69) is 21.9 Å². The third-order valence-electron chi connectivity index (χ3n) is 3.67. The van der Waals surface area contributed by atoms with Crippen molar-refractivity contribution in [3.8, 4) is 0 Å². The molecule has 1 aromatic rings. The molecule has 1 aliphatic carbocycles. The summed E-state index contributed by atoms with van der Waals surface area (Å²) in [5.74, 6) is 0. The maximum atomic E-state index is 12.2. The molecule has 0 amide bonds. The van der Waals surface area contributed by atoms with E-state index < -0.39 is 10.0 Å². The summed E-state index contributed by atoms with van der Waals surface area (Å²) in [6, 6.07) is 3.39. The monoisotopic (exact) mass is 297 g/mol. The molecule has 1 saturated carbocycles. The summed E-state index contributed by atoms with van der Waals surface area (Å²) in [5.41, 5.74) is 0.703. The van der Waals surface area contributed by atoms with E-state index in [9.17, 15) is 8.42 Å². The van der Waals surface area contributed by atoms with Gasteiger partial charge in [0, 0.05) is 18.3 Å². The van der Waals surface area contributed by atoms with Gasteiger partial charge in [0.05, 0.1) is 0 Å². The molecule has 2 N–H and O–H groups in total. The quantitative estimate of drug-likeness (QED) is 0.753. The number of hydrogen-bond donors (Lipinski definition) is 2. The van der Waals surface area contributed by atoms with Gasteiger partial charge in [-0.1, -0.05) is 13.0 Å². The molecule has 0 aromatic carbocycles. The standard InChI is InChI=1S/C14H23N3O2S/c1-3-9-15-10-12-5-6-13(16-11-12)20(18,19)17-14(2)7-4-8-14/h5-6,11,15,17H,3-4,7-10H2,1-2H3. The van der Waals surface area contributed by atoms with Crippen molar-refractivity contribution in [1.29, 1.82) is 0 Å². The van der Waals surface area contributed by atoms with E-state index in [1.54, 1.807) is 12.3 Å². The molecule has 0 atom stereocenters. The first-order chi connectivity index (χ1) is 9.45. The van der Waals surface area contributed by atoms with Crippen LogP contribution in [-0.2, 0) is 16.6 Å². The minimum absolute atomic E-state index is 0.102. The van der Waals surface area contributed by atoms with Gasteiger partial charge in [-0.05, 0) is 50.8 Å². The van der Waals surface area contributed by atoms with Crippen LogP contribution in [0, 0.1) is 0 Å². The van der Waals surface area contributed by atoms with Gasteiger partial charge in [-0.3, -0.25) is 0 Å². The van der Waals surface area contributed by atoms with Crippen LogP contribution >= 0.6 is 0 Å². The summed E-state index contributed by atoms with van der Waals surface area (Å²) < 4.78 is 27.2. The van der Waals surface area contributed by atoms with E-state index in [1.807, 2.05) is 13.0 Å². The smallest absolute Gasteiger partial charge is 0.258 e. The number of sulfonamides is 1. The second kappa shape index (κ2) is 6.20. The molecule has 6 heteroatoms. The van der Waals surface area contributed by atoms with Crippen LogP contribution in [0.5, 0.6) is 0 Å². The average molecular weight is 297 g/mol. The van der Waals surface area contributed by atoms with Gasteiger partial charge in [-0.15, -0.1) is 0 Å². The molecule has 1 aromatic heterocycles. The first-order valence-corrected chi connectivity index (χ1v) is 8.63. The van der Waals surface area contributed by atoms with Gasteiger partial charge in [-0.2, -0.15) is 0 Å². The Morgan fingerprint density at radius 1 is 1.35 bits per heavy atom. The Morgan fingerprint density at radius 2 is 2.10 bits per heavy atom. The van der Waals surface area contributed by atoms with E-state index in [-0.39, 0.29) is 10.6 Å². The zero-order valence-electron chi connectivity index (χ0n) is 12.1. The van der Waals surface area contributed by atoms with Gasteiger partial charge in [0.2, 0.25) is 0 Å². The van der Waals surface area contributed by atoms with Crippen molar-refractivity contribution in [3.63, 3.8) is 0 Å². The Kier molecular flexibility index (Phi) is 4.78. The van der Waals surface area contributed by atoms with Crippen LogP contribution in [-0.4, -0.2) is 25.5 Å². The number of rotatable bonds is 7. The Morgan fingerprint density at radius 3 is 2.60 bits per heavy atom. The molecule has 2 rings (SSSR count). The molecule has 0 spiro atoms. The van der Waals surface area contributed by atoms with Crippen molar-refractivity contribution in [2.45, 2.75) is 56.6 Å². The van der Waals surface area contributed by atoms with E-state index >= 15 is 0 Å². The van der Waals surface area contributed by atoms with Crippen molar-refractivity contribution in [1.82, 2.24) is 15.0 Å². The van der Waals surface area contributed by atoms with Gasteiger partial charge >= 0.3 is 0 Å². The lowest BCUT2D eigenvalue weighted by Crippen LogP contribution is -2.50. The average Bonchev–Trinajstić information content (AvgIpc) is 2.37. The molecule has 0 saturated heterocycles. The Hall–Kier alpha value is -0.980. The summed E-state index contributed by atoms with van der Waals surface area (Å²) in [6.45, 7) is 5.71. The first kappa shape index (κ1) is 15.4. The van der Waals surface area contributed by atoms with Gasteiger partial charge < -0.3 is 5.32 Å². The predicted octanol–water partition coefficient (Wildman–Crippen LogP) is 1.80. The summed E-state index contributed by atoms with van der Waals surface area (Å²) >= 11 is 0. The second-order valence-corrected chi connectivity index (χ2v) is 7.33. The topological polar surface area (TPSA) is 71.1 Å². The van der Waals surface area contributed by atoms with Gasteiger partial charge in [-0.25, -0.2) is 18.1 Å². The second-order valence-electron chi connectivity index (χ2n) is 5.70. The van der Waals surface area contributed by atoms with E-state index in [0.717, 1.165) is 37.8 Å². The Balaban J connectivity index is 2.01. The van der Waals surface area contributed by atoms with Crippen molar-refractivity contribution >= 4 is 10.0 Å². The number of nitrogens with zero attached hydrogens (tertiary/aromatic N) is 1. The highest BCUT2D eigenvalue weighted by atomic mass is 32.2. The number of pyridine rings is 1. The SMILES string of the molecule is CCCNCc1ccc(S(=O)(=O)NC2(C)CCC2)nc1. The van der Waals surface area contributed by atoms with Crippen LogP contribution in [0.15, 0.2) is 23.4 Å². The number of hydrogen-bond acceptors (Lipinski definition) is 4. The molecular formula is C14H23N3O2S. The molecule has 0 bridgehead atoms. The minimum atomic E-state index is -3.50. The summed E-state index contributed by atoms with van der Waals surface area (Å²) in [5, 5.41) is 3.36. The summed E-state index contributed by atoms with van der Waals surface area (Å²) in [6.07, 6.45) is 5.56. The first-order valence-electron chi connectivity index (χ1n) is 7.15. The normalized spacial score (nSPS) is 17.7. The molecule has 1 aliphatic rings. The van der Waals surface area contributed by atoms with E-state index in [0.29, 0.717) is 6.54 Å². The molecule has 1 heterocycles. The predicted molar refractivity (Wildman–Crippen MR) is 78.8 cm³/mol. The molecule has 0 radical (unpaired) electrons. The van der Waals surface area contributed by atoms with Crippen LogP contribution in [0.25, 0.3) is 0 Å². The fourth-order valence-corrected chi connectivity index (χ4v) is 3.67. The van der Waals surface area contributed by atoms with Gasteiger partial charge in [0.1, 0.15) is 0 Å². The van der Waals surface area contributed by atoms with Crippen LogP contribution in [0.1, 0.15) is 45.1 Å². The molecule has 0 unspecified atom stereocenters. The Bertz CT molecular complexity index is 536. The number of aromatic nitrogens is 1. The van der Waals surface area contributed by atoms with E-state index in [4.69, 9.17) is 0 Å². The minimum Gasteiger partial charge on any atom is -0.313 e. The molecule has 112 valence electrons. The maximum Gasteiger partial charge on any atom is 0.258 e. The molecule has 1 fully saturated rings. The number of nitrogens with one attached hydrogen (secondary N) is 2. The van der Waals surface area contributed by atoms with Crippen LogP contribution in [0.4, 0.5) is 0 Å². The van der Waals surface area contributed by atoms with Crippen molar-refractivity contribution in [2.24, 2.45) is 0 Å². The highest BCUT2D eigenvalue weighted by Crippen LogP contribution is 2.32. The summed E-state index contributed by atoms with van der Waals surface area (Å²) in [4.78, 5) is 4.08. The van der Waals surface area contributed by atoms with Crippen LogP contribution in [0.2, 0.25) is 0 Å². The lowest BCUT2D eigenvalue weighted by molar-refractivity contribution is 0.247. The third kappa shape index (κ3) is 3.77. The maximum absolute atomic E-state index is 12.2. The van der Waals surface area contributed by atoms with Crippen molar-refractivity contribution < 1.29 is 8.42 Å².